The minimum Gasteiger partial charge on any atom is -0.330 e. The van der Waals surface area contributed by atoms with Crippen LogP contribution < -0.4 is 0 Å². The quantitative estimate of drug-likeness (QED) is 0.679. The van der Waals surface area contributed by atoms with Gasteiger partial charge in [0, 0.05) is 0 Å². The number of fused-ring (bicyclic) bond motifs is 1. The standard InChI is InChI=1S/C16H13N3S/c1-10-6-7-13-15(8-10)19(16(20)18-13)14-5-3-4-11(2)12(14)9-17/h3-8H,1-2H3,(H,18,20). The lowest BCUT2D eigenvalue weighted by Crippen LogP contribution is -1.99. The molecule has 0 atom stereocenters. The average molecular weight is 279 g/mol. The van der Waals surface area contributed by atoms with Gasteiger partial charge >= 0.3 is 0 Å². The number of aryl methyl sites for hydroxylation is 2. The molecule has 3 aromatic rings. The number of hydrogen-bond acceptors (Lipinski definition) is 2. The van der Waals surface area contributed by atoms with Crippen molar-refractivity contribution in [1.29, 1.82) is 5.26 Å². The Morgan fingerprint density at radius 1 is 1.20 bits per heavy atom. The van der Waals surface area contributed by atoms with Crippen LogP contribution in [-0.4, -0.2) is 9.55 Å². The molecule has 1 heterocycles. The van der Waals surface area contributed by atoms with E-state index in [9.17, 15) is 5.26 Å². The first-order valence-corrected chi connectivity index (χ1v) is 6.74. The lowest BCUT2D eigenvalue weighted by molar-refractivity contribution is 1.05. The monoisotopic (exact) mass is 279 g/mol. The maximum atomic E-state index is 9.41. The molecule has 4 heteroatoms. The Morgan fingerprint density at radius 3 is 2.75 bits per heavy atom. The lowest BCUT2D eigenvalue weighted by Gasteiger charge is -2.09. The molecule has 98 valence electrons. The second-order valence-corrected chi connectivity index (χ2v) is 5.25. The highest BCUT2D eigenvalue weighted by atomic mass is 32.1. The minimum absolute atomic E-state index is 0.604. The number of aromatic amines is 1. The highest BCUT2D eigenvalue weighted by Gasteiger charge is 2.12. The van der Waals surface area contributed by atoms with E-state index in [4.69, 9.17) is 12.2 Å². The summed E-state index contributed by atoms with van der Waals surface area (Å²) in [6.07, 6.45) is 0. The largest absolute Gasteiger partial charge is 0.330 e. The van der Waals surface area contributed by atoms with Crippen LogP contribution in [0.15, 0.2) is 36.4 Å². The molecule has 0 amide bonds. The number of aromatic nitrogens is 2. The molecule has 0 aliphatic carbocycles. The number of nitrogens with zero attached hydrogens (tertiary/aromatic N) is 2. The fourth-order valence-electron chi connectivity index (χ4n) is 2.44. The molecule has 3 nitrogen and oxygen atoms in total. The van der Waals surface area contributed by atoms with Gasteiger partial charge in [0.25, 0.3) is 0 Å². The van der Waals surface area contributed by atoms with Gasteiger partial charge in [-0.25, -0.2) is 0 Å². The Kier molecular flexibility index (Phi) is 2.92. The van der Waals surface area contributed by atoms with Crippen LogP contribution in [0, 0.1) is 29.9 Å². The number of hydrogen-bond donors (Lipinski definition) is 1. The molecular formula is C16H13N3S. The fourth-order valence-corrected chi connectivity index (χ4v) is 2.74. The van der Waals surface area contributed by atoms with Gasteiger partial charge in [0.15, 0.2) is 4.77 Å². The van der Waals surface area contributed by atoms with Crippen LogP contribution in [0.25, 0.3) is 16.7 Å². The summed E-state index contributed by atoms with van der Waals surface area (Å²) in [4.78, 5) is 3.19. The maximum absolute atomic E-state index is 9.41. The molecule has 1 aromatic heterocycles. The molecule has 0 spiro atoms. The van der Waals surface area contributed by atoms with Gasteiger partial charge in [-0.2, -0.15) is 5.26 Å². The summed E-state index contributed by atoms with van der Waals surface area (Å²) < 4.78 is 2.54. The molecule has 0 bridgehead atoms. The van der Waals surface area contributed by atoms with Crippen LogP contribution in [-0.2, 0) is 0 Å². The van der Waals surface area contributed by atoms with Gasteiger partial charge in [0.2, 0.25) is 0 Å². The van der Waals surface area contributed by atoms with Crippen LogP contribution >= 0.6 is 12.2 Å². The summed E-state index contributed by atoms with van der Waals surface area (Å²) >= 11 is 5.43. The molecule has 1 N–H and O–H groups in total. The number of benzene rings is 2. The average Bonchev–Trinajstić information content (AvgIpc) is 2.73. The van der Waals surface area contributed by atoms with Crippen LogP contribution in [0.2, 0.25) is 0 Å². The topological polar surface area (TPSA) is 44.5 Å². The van der Waals surface area contributed by atoms with Crippen molar-refractivity contribution in [1.82, 2.24) is 9.55 Å². The van der Waals surface area contributed by atoms with E-state index in [1.165, 1.54) is 0 Å². The van der Waals surface area contributed by atoms with Crippen LogP contribution in [0.1, 0.15) is 16.7 Å². The molecule has 0 aliphatic rings. The normalized spacial score (nSPS) is 10.7. The Morgan fingerprint density at radius 2 is 2.00 bits per heavy atom. The molecule has 0 aliphatic heterocycles. The molecule has 0 fully saturated rings. The Labute approximate surface area is 122 Å². The van der Waals surface area contributed by atoms with E-state index in [0.29, 0.717) is 10.3 Å². The zero-order valence-corrected chi connectivity index (χ0v) is 12.1. The molecule has 2 aromatic carbocycles. The van der Waals surface area contributed by atoms with E-state index in [1.54, 1.807) is 0 Å². The van der Waals surface area contributed by atoms with Crippen LogP contribution in [0.3, 0.4) is 0 Å². The third-order valence-electron chi connectivity index (χ3n) is 3.44. The number of nitriles is 1. The van der Waals surface area contributed by atoms with Gasteiger partial charge in [-0.1, -0.05) is 18.2 Å². The predicted octanol–water partition coefficient (Wildman–Crippen LogP) is 4.18. The van der Waals surface area contributed by atoms with E-state index in [2.05, 4.69) is 17.1 Å². The van der Waals surface area contributed by atoms with Crippen molar-refractivity contribution < 1.29 is 0 Å². The Bertz CT molecular complexity index is 910. The van der Waals surface area contributed by atoms with Crippen molar-refractivity contribution in [2.24, 2.45) is 0 Å². The molecule has 0 radical (unpaired) electrons. The number of rotatable bonds is 1. The van der Waals surface area contributed by atoms with E-state index in [-0.39, 0.29) is 0 Å². The van der Waals surface area contributed by atoms with Gasteiger partial charge in [-0.15, -0.1) is 0 Å². The van der Waals surface area contributed by atoms with Gasteiger partial charge < -0.3 is 4.98 Å². The second kappa shape index (κ2) is 4.62. The lowest BCUT2D eigenvalue weighted by atomic mass is 10.1. The van der Waals surface area contributed by atoms with E-state index in [0.717, 1.165) is 27.8 Å². The predicted molar refractivity (Wildman–Crippen MR) is 82.6 cm³/mol. The van der Waals surface area contributed by atoms with Crippen molar-refractivity contribution in [2.75, 3.05) is 0 Å². The number of nitrogens with one attached hydrogen (secondary N) is 1. The van der Waals surface area contributed by atoms with Crippen molar-refractivity contribution in [3.63, 3.8) is 0 Å². The highest BCUT2D eigenvalue weighted by molar-refractivity contribution is 7.71. The third kappa shape index (κ3) is 1.84. The zero-order chi connectivity index (χ0) is 14.3. The molecular weight excluding hydrogens is 266 g/mol. The second-order valence-electron chi connectivity index (χ2n) is 4.87. The van der Waals surface area contributed by atoms with E-state index in [1.807, 2.05) is 48.7 Å². The maximum Gasteiger partial charge on any atom is 0.182 e. The van der Waals surface area contributed by atoms with Crippen molar-refractivity contribution >= 4 is 23.3 Å². The van der Waals surface area contributed by atoms with Crippen molar-refractivity contribution in [3.05, 3.63) is 57.9 Å². The van der Waals surface area contributed by atoms with Gasteiger partial charge in [-0.3, -0.25) is 4.57 Å². The Hall–Kier alpha value is -2.38. The number of imidazole rings is 1. The SMILES string of the molecule is Cc1ccc2[nH]c(=S)n(-c3cccc(C)c3C#N)c2c1. The molecule has 0 saturated carbocycles. The minimum atomic E-state index is 0.604. The summed E-state index contributed by atoms with van der Waals surface area (Å²) in [5.74, 6) is 0. The first-order chi connectivity index (χ1) is 9.61. The zero-order valence-electron chi connectivity index (χ0n) is 11.3. The first kappa shape index (κ1) is 12.6. The summed E-state index contributed by atoms with van der Waals surface area (Å²) in [7, 11) is 0. The summed E-state index contributed by atoms with van der Waals surface area (Å²) in [5.41, 5.74) is 5.57. The van der Waals surface area contributed by atoms with E-state index >= 15 is 0 Å². The van der Waals surface area contributed by atoms with E-state index < -0.39 is 0 Å². The summed E-state index contributed by atoms with van der Waals surface area (Å²) in [6.45, 7) is 3.98. The van der Waals surface area contributed by atoms with Gasteiger partial charge in [0.05, 0.1) is 22.3 Å². The molecule has 20 heavy (non-hydrogen) atoms. The van der Waals surface area contributed by atoms with Gasteiger partial charge in [-0.05, 0) is 55.4 Å². The smallest absolute Gasteiger partial charge is 0.182 e. The fraction of sp³-hybridized carbons (Fsp3) is 0.125. The van der Waals surface area contributed by atoms with Crippen molar-refractivity contribution in [3.8, 4) is 11.8 Å². The van der Waals surface area contributed by atoms with Gasteiger partial charge in [0.1, 0.15) is 6.07 Å². The third-order valence-corrected chi connectivity index (χ3v) is 3.73. The number of H-pyrrole nitrogens is 1. The van der Waals surface area contributed by atoms with Crippen LogP contribution in [0.4, 0.5) is 0 Å². The highest BCUT2D eigenvalue weighted by Crippen LogP contribution is 2.24. The summed E-state index contributed by atoms with van der Waals surface area (Å²) in [6, 6.07) is 14.2. The molecule has 3 rings (SSSR count). The van der Waals surface area contributed by atoms with Crippen molar-refractivity contribution in [2.45, 2.75) is 13.8 Å². The summed E-state index contributed by atoms with van der Waals surface area (Å²) in [5, 5.41) is 9.41. The first-order valence-electron chi connectivity index (χ1n) is 6.33. The molecule has 0 saturated heterocycles. The molecule has 0 unspecified atom stereocenters. The Balaban J connectivity index is 2.45. The van der Waals surface area contributed by atoms with Crippen LogP contribution in [0.5, 0.6) is 0 Å².